The predicted molar refractivity (Wildman–Crippen MR) is 130 cm³/mol. The highest BCUT2D eigenvalue weighted by atomic mass is 32.2. The summed E-state index contributed by atoms with van der Waals surface area (Å²) in [6.07, 6.45) is 3.64. The summed E-state index contributed by atoms with van der Waals surface area (Å²) in [7, 11) is 0. The van der Waals surface area contributed by atoms with Crippen molar-refractivity contribution in [3.05, 3.63) is 64.9 Å². The summed E-state index contributed by atoms with van der Waals surface area (Å²) >= 11 is 3.23. The van der Waals surface area contributed by atoms with Crippen LogP contribution < -0.4 is 0 Å². The zero-order valence-electron chi connectivity index (χ0n) is 18.2. The van der Waals surface area contributed by atoms with E-state index >= 15 is 0 Å². The second-order valence-electron chi connectivity index (χ2n) is 8.22. The van der Waals surface area contributed by atoms with Crippen molar-refractivity contribution in [2.24, 2.45) is 0 Å². The molecule has 5 rings (SSSR count). The molecular weight excluding hydrogens is 438 g/mol. The van der Waals surface area contributed by atoms with Gasteiger partial charge in [0.25, 0.3) is 0 Å². The molecule has 0 aliphatic carbocycles. The molecule has 0 unspecified atom stereocenters. The number of likely N-dealkylation sites (tertiary alicyclic amines) is 1. The number of hydrogen-bond acceptors (Lipinski definition) is 6. The molecule has 3 heterocycles. The van der Waals surface area contributed by atoms with E-state index in [4.69, 9.17) is 4.98 Å². The van der Waals surface area contributed by atoms with Gasteiger partial charge in [0.2, 0.25) is 5.91 Å². The van der Waals surface area contributed by atoms with Gasteiger partial charge in [-0.1, -0.05) is 30.0 Å². The van der Waals surface area contributed by atoms with Gasteiger partial charge in [-0.15, -0.1) is 21.5 Å². The van der Waals surface area contributed by atoms with Gasteiger partial charge in [0.05, 0.1) is 21.0 Å². The molecule has 0 spiro atoms. The van der Waals surface area contributed by atoms with Crippen molar-refractivity contribution in [2.45, 2.75) is 37.8 Å². The molecule has 1 amide bonds. The molecule has 1 aliphatic heterocycles. The van der Waals surface area contributed by atoms with Crippen LogP contribution in [0, 0.1) is 13.8 Å². The molecule has 0 radical (unpaired) electrons. The fraction of sp³-hybridized carbons (Fsp3) is 0.333. The second-order valence-corrected chi connectivity index (χ2v) is 10.2. The van der Waals surface area contributed by atoms with Gasteiger partial charge in [-0.2, -0.15) is 0 Å². The van der Waals surface area contributed by atoms with Crippen LogP contribution >= 0.6 is 23.1 Å². The zero-order chi connectivity index (χ0) is 22.1. The Morgan fingerprint density at radius 1 is 1.12 bits per heavy atom. The fourth-order valence-corrected chi connectivity index (χ4v) is 6.00. The van der Waals surface area contributed by atoms with Crippen molar-refractivity contribution in [1.82, 2.24) is 24.6 Å². The number of para-hydroxylation sites is 1. The Balaban J connectivity index is 1.18. The van der Waals surface area contributed by atoms with Gasteiger partial charge in [0.1, 0.15) is 6.33 Å². The molecule has 2 aromatic carbocycles. The van der Waals surface area contributed by atoms with Gasteiger partial charge in [-0.3, -0.25) is 9.36 Å². The van der Waals surface area contributed by atoms with Crippen LogP contribution in [0.25, 0.3) is 15.9 Å². The van der Waals surface area contributed by atoms with Crippen LogP contribution in [0.2, 0.25) is 0 Å². The van der Waals surface area contributed by atoms with Gasteiger partial charge in [-0.25, -0.2) is 4.98 Å². The van der Waals surface area contributed by atoms with Crippen LogP contribution in [-0.2, 0) is 4.79 Å². The first-order valence-corrected chi connectivity index (χ1v) is 12.6. The highest BCUT2D eigenvalue weighted by Gasteiger charge is 2.26. The van der Waals surface area contributed by atoms with E-state index in [9.17, 15) is 4.79 Å². The van der Waals surface area contributed by atoms with Crippen molar-refractivity contribution in [3.8, 4) is 5.69 Å². The number of benzene rings is 2. The summed E-state index contributed by atoms with van der Waals surface area (Å²) < 4.78 is 3.19. The Bertz CT molecular complexity index is 1220. The molecule has 6 nitrogen and oxygen atoms in total. The van der Waals surface area contributed by atoms with Gasteiger partial charge in [0.15, 0.2) is 5.16 Å². The highest BCUT2D eigenvalue weighted by Crippen LogP contribution is 2.34. The number of rotatable bonds is 5. The molecule has 0 atom stereocenters. The van der Waals surface area contributed by atoms with Crippen LogP contribution in [-0.4, -0.2) is 49.4 Å². The largest absolute Gasteiger partial charge is 0.342 e. The monoisotopic (exact) mass is 463 g/mol. The lowest BCUT2D eigenvalue weighted by molar-refractivity contribution is -0.129. The summed E-state index contributed by atoms with van der Waals surface area (Å²) in [5, 5.41) is 10.2. The number of piperidine rings is 1. The number of amides is 1. The Labute approximate surface area is 195 Å². The molecule has 4 aromatic rings. The molecule has 2 aromatic heterocycles. The van der Waals surface area contributed by atoms with E-state index in [1.165, 1.54) is 32.6 Å². The quantitative estimate of drug-likeness (QED) is 0.390. The third kappa shape index (κ3) is 4.29. The smallest absolute Gasteiger partial charge is 0.233 e. The van der Waals surface area contributed by atoms with Crippen LogP contribution in [0.1, 0.15) is 34.9 Å². The average Bonchev–Trinajstić information content (AvgIpc) is 3.46. The summed E-state index contributed by atoms with van der Waals surface area (Å²) in [6, 6.07) is 14.6. The summed E-state index contributed by atoms with van der Waals surface area (Å²) in [5.74, 6) is 0.972. The first-order valence-electron chi connectivity index (χ1n) is 10.8. The molecule has 32 heavy (non-hydrogen) atoms. The third-order valence-electron chi connectivity index (χ3n) is 6.12. The lowest BCUT2D eigenvalue weighted by Crippen LogP contribution is -2.39. The summed E-state index contributed by atoms with van der Waals surface area (Å²) in [6.45, 7) is 5.75. The molecule has 0 bridgehead atoms. The molecule has 1 fully saturated rings. The van der Waals surface area contributed by atoms with E-state index in [0.717, 1.165) is 42.3 Å². The summed E-state index contributed by atoms with van der Waals surface area (Å²) in [5.41, 5.74) is 4.57. The third-order valence-corrected chi connectivity index (χ3v) is 8.24. The second kappa shape index (κ2) is 9.03. The van der Waals surface area contributed by atoms with Crippen molar-refractivity contribution in [1.29, 1.82) is 0 Å². The van der Waals surface area contributed by atoms with Gasteiger partial charge < -0.3 is 4.90 Å². The fourth-order valence-electron chi connectivity index (χ4n) is 4.03. The van der Waals surface area contributed by atoms with E-state index in [1.54, 1.807) is 17.7 Å². The number of thiazole rings is 1. The molecule has 0 N–H and O–H groups in total. The minimum Gasteiger partial charge on any atom is -0.342 e. The summed E-state index contributed by atoms with van der Waals surface area (Å²) in [4.78, 5) is 19.7. The molecule has 0 saturated carbocycles. The van der Waals surface area contributed by atoms with E-state index in [1.807, 2.05) is 15.5 Å². The minimum atomic E-state index is 0.160. The van der Waals surface area contributed by atoms with E-state index < -0.39 is 0 Å². The van der Waals surface area contributed by atoms with Crippen LogP contribution in [0.15, 0.2) is 53.9 Å². The van der Waals surface area contributed by atoms with E-state index in [0.29, 0.717) is 11.7 Å². The van der Waals surface area contributed by atoms with Crippen molar-refractivity contribution in [2.75, 3.05) is 18.8 Å². The van der Waals surface area contributed by atoms with Crippen molar-refractivity contribution >= 4 is 39.2 Å². The SMILES string of the molecule is Cc1ccc(-n2cnnc2SCC(=O)N2CCC(c3nc4ccccc4s3)CC2)cc1C. The number of thioether (sulfide) groups is 1. The number of nitrogens with zero attached hydrogens (tertiary/aromatic N) is 5. The molecule has 1 saturated heterocycles. The van der Waals surface area contributed by atoms with Gasteiger partial charge in [-0.05, 0) is 62.1 Å². The maximum Gasteiger partial charge on any atom is 0.233 e. The maximum absolute atomic E-state index is 12.9. The van der Waals surface area contributed by atoms with Crippen molar-refractivity contribution in [3.63, 3.8) is 0 Å². The normalized spacial score (nSPS) is 14.9. The van der Waals surface area contributed by atoms with E-state index in [2.05, 4.69) is 60.4 Å². The van der Waals surface area contributed by atoms with Gasteiger partial charge in [0, 0.05) is 24.7 Å². The number of carbonyl (C=O) groups excluding carboxylic acids is 1. The van der Waals surface area contributed by atoms with Crippen molar-refractivity contribution < 1.29 is 4.79 Å². The standard InChI is InChI=1S/C24H25N5OS2/c1-16-7-8-19(13-17(16)2)29-15-25-27-24(29)31-14-22(30)28-11-9-18(10-12-28)23-26-20-5-3-4-6-21(20)32-23/h3-8,13,15,18H,9-12,14H2,1-2H3. The molecule has 8 heteroatoms. The van der Waals surface area contributed by atoms with Crippen LogP contribution in [0.3, 0.4) is 0 Å². The molecule has 1 aliphatic rings. The number of aromatic nitrogens is 4. The first-order chi connectivity index (χ1) is 15.6. The van der Waals surface area contributed by atoms with Gasteiger partial charge >= 0.3 is 0 Å². The van der Waals surface area contributed by atoms with Crippen LogP contribution in [0.5, 0.6) is 0 Å². The average molecular weight is 464 g/mol. The lowest BCUT2D eigenvalue weighted by Gasteiger charge is -2.31. The number of fused-ring (bicyclic) bond motifs is 1. The number of hydrogen-bond donors (Lipinski definition) is 0. The Hall–Kier alpha value is -2.71. The number of aryl methyl sites for hydroxylation is 2. The lowest BCUT2D eigenvalue weighted by atomic mass is 9.97. The molecule has 164 valence electrons. The Kier molecular flexibility index (Phi) is 5.97. The maximum atomic E-state index is 12.9. The van der Waals surface area contributed by atoms with Crippen LogP contribution in [0.4, 0.5) is 0 Å². The Morgan fingerprint density at radius 3 is 2.72 bits per heavy atom. The highest BCUT2D eigenvalue weighted by molar-refractivity contribution is 7.99. The number of carbonyl (C=O) groups is 1. The molecular formula is C24H25N5OS2. The Morgan fingerprint density at radius 2 is 1.94 bits per heavy atom. The minimum absolute atomic E-state index is 0.160. The topological polar surface area (TPSA) is 63.9 Å². The zero-order valence-corrected chi connectivity index (χ0v) is 19.8. The predicted octanol–water partition coefficient (Wildman–Crippen LogP) is 4.99. The van der Waals surface area contributed by atoms with E-state index in [-0.39, 0.29) is 5.91 Å². The first kappa shape index (κ1) is 21.2.